The molecule has 1 amide bonds. The normalized spacial score (nSPS) is 17.0. The highest BCUT2D eigenvalue weighted by Gasteiger charge is 2.27. The Labute approximate surface area is 148 Å². The lowest BCUT2D eigenvalue weighted by Gasteiger charge is -2.28. The van der Waals surface area contributed by atoms with Crippen LogP contribution in [0.3, 0.4) is 0 Å². The lowest BCUT2D eigenvalue weighted by atomic mass is 10.2. The lowest BCUT2D eigenvalue weighted by Crippen LogP contribution is -2.43. The summed E-state index contributed by atoms with van der Waals surface area (Å²) >= 11 is 0. The van der Waals surface area contributed by atoms with Crippen molar-refractivity contribution < 1.29 is 4.79 Å². The summed E-state index contributed by atoms with van der Waals surface area (Å²) in [5, 5.41) is 11.1. The first-order valence-electron chi connectivity index (χ1n) is 8.62. The summed E-state index contributed by atoms with van der Waals surface area (Å²) in [6, 6.07) is 9.95. The number of aromatic nitrogens is 3. The molecule has 1 N–H and O–H groups in total. The molecular weight excluding hydrogens is 316 g/mol. The van der Waals surface area contributed by atoms with Crippen molar-refractivity contribution in [3.05, 3.63) is 48.4 Å². The van der Waals surface area contributed by atoms with Gasteiger partial charge < -0.3 is 10.2 Å². The number of hydrogen-bond acceptors (Lipinski definition) is 6. The van der Waals surface area contributed by atoms with Crippen molar-refractivity contribution in [1.29, 1.82) is 0 Å². The first-order chi connectivity index (χ1) is 12.2. The molecule has 0 saturated carbocycles. The van der Waals surface area contributed by atoms with E-state index >= 15 is 0 Å². The Kier molecular flexibility index (Phi) is 5.90. The van der Waals surface area contributed by atoms with Crippen LogP contribution in [0.15, 0.2) is 42.7 Å². The highest BCUT2D eigenvalue weighted by atomic mass is 16.2. The molecule has 0 unspecified atom stereocenters. The zero-order chi connectivity index (χ0) is 17.5. The van der Waals surface area contributed by atoms with Crippen molar-refractivity contribution in [2.75, 3.05) is 31.6 Å². The number of hydrogen-bond donors (Lipinski definition) is 1. The van der Waals surface area contributed by atoms with Crippen molar-refractivity contribution >= 4 is 11.7 Å². The maximum Gasteiger partial charge on any atom is 0.234 e. The van der Waals surface area contributed by atoms with Gasteiger partial charge in [0.2, 0.25) is 5.91 Å². The van der Waals surface area contributed by atoms with Crippen molar-refractivity contribution in [3.63, 3.8) is 0 Å². The summed E-state index contributed by atoms with van der Waals surface area (Å²) in [5.41, 5.74) is 0.864. The van der Waals surface area contributed by atoms with Crippen LogP contribution in [0.5, 0.6) is 0 Å². The Morgan fingerprint density at radius 2 is 2.24 bits per heavy atom. The minimum Gasteiger partial charge on any atom is -0.351 e. The zero-order valence-corrected chi connectivity index (χ0v) is 14.5. The smallest absolute Gasteiger partial charge is 0.234 e. The fraction of sp³-hybridized carbons (Fsp3) is 0.444. The largest absolute Gasteiger partial charge is 0.351 e. The maximum atomic E-state index is 12.1. The number of nitrogens with zero attached hydrogens (tertiary/aromatic N) is 5. The summed E-state index contributed by atoms with van der Waals surface area (Å²) in [7, 11) is 1.98. The van der Waals surface area contributed by atoms with E-state index in [0.717, 1.165) is 37.4 Å². The van der Waals surface area contributed by atoms with Gasteiger partial charge in [0, 0.05) is 31.5 Å². The van der Waals surface area contributed by atoms with E-state index in [-0.39, 0.29) is 5.91 Å². The molecule has 1 fully saturated rings. The van der Waals surface area contributed by atoms with E-state index in [4.69, 9.17) is 0 Å². The average molecular weight is 340 g/mol. The molecule has 3 heterocycles. The molecule has 25 heavy (non-hydrogen) atoms. The SMILES string of the molecule is CN(CC(=O)NCc1ccccn1)C[C@@H]1CCCN1c1cccnn1. The van der Waals surface area contributed by atoms with Gasteiger partial charge in [-0.15, -0.1) is 5.10 Å². The molecule has 0 aliphatic carbocycles. The Hall–Kier alpha value is -2.54. The molecule has 0 bridgehead atoms. The Bertz CT molecular complexity index is 666. The Balaban J connectivity index is 1.46. The Morgan fingerprint density at radius 1 is 1.32 bits per heavy atom. The van der Waals surface area contributed by atoms with E-state index in [2.05, 4.69) is 30.3 Å². The second-order valence-electron chi connectivity index (χ2n) is 6.37. The highest BCUT2D eigenvalue weighted by Crippen LogP contribution is 2.23. The van der Waals surface area contributed by atoms with Crippen LogP contribution in [0.4, 0.5) is 5.82 Å². The fourth-order valence-electron chi connectivity index (χ4n) is 3.19. The first kappa shape index (κ1) is 17.3. The van der Waals surface area contributed by atoms with Gasteiger partial charge in [-0.25, -0.2) is 0 Å². The zero-order valence-electron chi connectivity index (χ0n) is 14.5. The molecule has 1 atom stereocenters. The maximum absolute atomic E-state index is 12.1. The summed E-state index contributed by atoms with van der Waals surface area (Å²) in [6.07, 6.45) is 5.67. The van der Waals surface area contributed by atoms with Gasteiger partial charge in [0.05, 0.1) is 18.8 Å². The van der Waals surface area contributed by atoms with Crippen molar-refractivity contribution in [3.8, 4) is 0 Å². The predicted molar refractivity (Wildman–Crippen MR) is 96.0 cm³/mol. The molecule has 7 nitrogen and oxygen atoms in total. The van der Waals surface area contributed by atoms with Gasteiger partial charge in [-0.3, -0.25) is 14.7 Å². The van der Waals surface area contributed by atoms with Crippen LogP contribution in [-0.2, 0) is 11.3 Å². The molecule has 3 rings (SSSR count). The van der Waals surface area contributed by atoms with Crippen LogP contribution >= 0.6 is 0 Å². The third-order valence-corrected chi connectivity index (χ3v) is 4.36. The van der Waals surface area contributed by atoms with Gasteiger partial charge in [-0.1, -0.05) is 6.07 Å². The molecule has 1 aliphatic rings. The van der Waals surface area contributed by atoms with Crippen LogP contribution in [0.2, 0.25) is 0 Å². The van der Waals surface area contributed by atoms with Gasteiger partial charge in [-0.2, -0.15) is 5.10 Å². The number of likely N-dealkylation sites (N-methyl/N-ethyl adjacent to an activating group) is 1. The third kappa shape index (κ3) is 4.96. The van der Waals surface area contributed by atoms with Gasteiger partial charge in [0.1, 0.15) is 0 Å². The fourth-order valence-corrected chi connectivity index (χ4v) is 3.19. The molecule has 2 aromatic rings. The van der Waals surface area contributed by atoms with E-state index in [9.17, 15) is 4.79 Å². The van der Waals surface area contributed by atoms with Crippen molar-refractivity contribution in [2.24, 2.45) is 0 Å². The number of amides is 1. The topological polar surface area (TPSA) is 74.2 Å². The Morgan fingerprint density at radius 3 is 3.00 bits per heavy atom. The van der Waals surface area contributed by atoms with Gasteiger partial charge in [0.15, 0.2) is 5.82 Å². The average Bonchev–Trinajstić information content (AvgIpc) is 3.09. The van der Waals surface area contributed by atoms with E-state index in [1.54, 1.807) is 12.4 Å². The molecule has 0 radical (unpaired) electrons. The number of anilines is 1. The summed E-state index contributed by atoms with van der Waals surface area (Å²) < 4.78 is 0. The van der Waals surface area contributed by atoms with Gasteiger partial charge in [-0.05, 0) is 44.2 Å². The van der Waals surface area contributed by atoms with Crippen LogP contribution in [0.25, 0.3) is 0 Å². The van der Waals surface area contributed by atoms with Crippen molar-refractivity contribution in [2.45, 2.75) is 25.4 Å². The minimum absolute atomic E-state index is 0.0113. The molecule has 132 valence electrons. The van der Waals surface area contributed by atoms with Crippen LogP contribution in [-0.4, -0.2) is 58.7 Å². The summed E-state index contributed by atoms with van der Waals surface area (Å²) in [4.78, 5) is 20.7. The quantitative estimate of drug-likeness (QED) is 0.813. The number of nitrogens with one attached hydrogen (secondary N) is 1. The standard InChI is InChI=1S/C18H24N6O/c1-23(14-18(25)20-12-15-6-2-3-9-19-15)13-16-7-5-11-24(16)17-8-4-10-21-22-17/h2-4,6,8-10,16H,5,7,11-14H2,1H3,(H,20,25)/t16-/m0/s1. The molecule has 0 aromatic carbocycles. The lowest BCUT2D eigenvalue weighted by molar-refractivity contribution is -0.122. The predicted octanol–water partition coefficient (Wildman–Crippen LogP) is 1.09. The van der Waals surface area contributed by atoms with Crippen LogP contribution in [0, 0.1) is 0 Å². The molecular formula is C18H24N6O. The molecule has 1 aliphatic heterocycles. The monoisotopic (exact) mass is 340 g/mol. The first-order valence-corrected chi connectivity index (χ1v) is 8.62. The molecule has 1 saturated heterocycles. The van der Waals surface area contributed by atoms with Gasteiger partial charge in [0.25, 0.3) is 0 Å². The summed E-state index contributed by atoms with van der Waals surface area (Å²) in [6.45, 7) is 2.65. The van der Waals surface area contributed by atoms with Crippen LogP contribution in [0.1, 0.15) is 18.5 Å². The number of rotatable bonds is 7. The van der Waals surface area contributed by atoms with Gasteiger partial charge >= 0.3 is 0 Å². The molecule has 2 aromatic heterocycles. The second-order valence-corrected chi connectivity index (χ2v) is 6.37. The second kappa shape index (κ2) is 8.53. The van der Waals surface area contributed by atoms with Crippen LogP contribution < -0.4 is 10.2 Å². The van der Waals surface area contributed by atoms with Crippen molar-refractivity contribution in [1.82, 2.24) is 25.4 Å². The number of carbonyl (C=O) groups is 1. The minimum atomic E-state index is 0.0113. The molecule has 7 heteroatoms. The third-order valence-electron chi connectivity index (χ3n) is 4.36. The summed E-state index contributed by atoms with van der Waals surface area (Å²) in [5.74, 6) is 0.926. The van der Waals surface area contributed by atoms with E-state index in [1.807, 2.05) is 37.4 Å². The number of pyridine rings is 1. The molecule has 0 spiro atoms. The number of carbonyl (C=O) groups excluding carboxylic acids is 1. The van der Waals surface area contributed by atoms with E-state index in [1.165, 1.54) is 0 Å². The highest BCUT2D eigenvalue weighted by molar-refractivity contribution is 5.77. The van der Waals surface area contributed by atoms with E-state index < -0.39 is 0 Å². The van der Waals surface area contributed by atoms with E-state index in [0.29, 0.717) is 19.1 Å².